The minimum absolute atomic E-state index is 0.145. The first-order chi connectivity index (χ1) is 8.97. The smallest absolute Gasteiger partial charge is 0.201 e. The molecule has 0 aliphatic carbocycles. The summed E-state index contributed by atoms with van der Waals surface area (Å²) < 4.78 is 20.6. The highest BCUT2D eigenvalue weighted by molar-refractivity contribution is 9.10. The van der Waals surface area contributed by atoms with Crippen molar-refractivity contribution in [3.63, 3.8) is 0 Å². The van der Waals surface area contributed by atoms with E-state index in [2.05, 4.69) is 15.9 Å². The fraction of sp³-hybridized carbons (Fsp3) is 0.154. The molecule has 0 saturated heterocycles. The predicted octanol–water partition coefficient (Wildman–Crippen LogP) is 3.84. The SMILES string of the molecule is Cn1ccc(C(=O)COc2cc(F)c(Br)cc2Cl)c1. The standard InChI is InChI=1S/C13H10BrClFNO2/c1-17-3-2-8(6-17)12(18)7-19-13-5-11(16)9(14)4-10(13)15/h2-6H,7H2,1H3. The molecule has 19 heavy (non-hydrogen) atoms. The van der Waals surface area contributed by atoms with Gasteiger partial charge in [-0.05, 0) is 28.1 Å². The number of carbonyl (C=O) groups excluding carboxylic acids is 1. The summed E-state index contributed by atoms with van der Waals surface area (Å²) in [5.74, 6) is -0.543. The third-order valence-corrected chi connectivity index (χ3v) is 3.39. The number of Topliss-reactive ketones (excluding diaryl/α,β-unsaturated/α-hetero) is 1. The minimum atomic E-state index is -0.494. The Morgan fingerprint density at radius 2 is 2.26 bits per heavy atom. The molecule has 0 N–H and O–H groups in total. The summed E-state index contributed by atoms with van der Waals surface area (Å²) in [7, 11) is 1.82. The monoisotopic (exact) mass is 345 g/mol. The van der Waals surface area contributed by atoms with Gasteiger partial charge in [0.15, 0.2) is 6.61 Å². The van der Waals surface area contributed by atoms with Crippen molar-refractivity contribution in [3.05, 3.63) is 51.5 Å². The molecule has 0 fully saturated rings. The quantitative estimate of drug-likeness (QED) is 0.622. The van der Waals surface area contributed by atoms with Gasteiger partial charge in [-0.1, -0.05) is 11.6 Å². The maximum atomic E-state index is 13.3. The van der Waals surface area contributed by atoms with Crippen LogP contribution >= 0.6 is 27.5 Å². The van der Waals surface area contributed by atoms with E-state index in [-0.39, 0.29) is 27.6 Å². The van der Waals surface area contributed by atoms with Crippen LogP contribution in [-0.4, -0.2) is 17.0 Å². The topological polar surface area (TPSA) is 31.2 Å². The Balaban J connectivity index is 2.07. The molecule has 0 saturated carbocycles. The average Bonchev–Trinajstić information content (AvgIpc) is 2.78. The Morgan fingerprint density at radius 3 is 2.89 bits per heavy atom. The Kier molecular flexibility index (Phi) is 4.27. The number of hydrogen-bond acceptors (Lipinski definition) is 2. The van der Waals surface area contributed by atoms with E-state index in [0.717, 1.165) is 6.07 Å². The second-order valence-corrected chi connectivity index (χ2v) is 5.24. The second-order valence-electron chi connectivity index (χ2n) is 3.97. The number of ether oxygens (including phenoxy) is 1. The van der Waals surface area contributed by atoms with Gasteiger partial charge in [0, 0.05) is 31.1 Å². The van der Waals surface area contributed by atoms with Gasteiger partial charge in [-0.2, -0.15) is 0 Å². The number of nitrogens with zero attached hydrogens (tertiary/aromatic N) is 1. The van der Waals surface area contributed by atoms with Gasteiger partial charge in [0.05, 0.1) is 9.50 Å². The van der Waals surface area contributed by atoms with Crippen LogP contribution in [0.2, 0.25) is 5.02 Å². The maximum absolute atomic E-state index is 13.3. The number of aromatic nitrogens is 1. The molecule has 1 heterocycles. The lowest BCUT2D eigenvalue weighted by Gasteiger charge is -2.07. The lowest BCUT2D eigenvalue weighted by molar-refractivity contribution is 0.0921. The van der Waals surface area contributed by atoms with E-state index in [4.69, 9.17) is 16.3 Å². The van der Waals surface area contributed by atoms with Crippen LogP contribution < -0.4 is 4.74 Å². The zero-order chi connectivity index (χ0) is 14.0. The largest absolute Gasteiger partial charge is 0.484 e. The number of ketones is 1. The molecule has 1 aromatic heterocycles. The van der Waals surface area contributed by atoms with Crippen molar-refractivity contribution in [1.29, 1.82) is 0 Å². The first kappa shape index (κ1) is 14.1. The van der Waals surface area contributed by atoms with Gasteiger partial charge in [0.2, 0.25) is 5.78 Å². The van der Waals surface area contributed by atoms with Gasteiger partial charge in [0.1, 0.15) is 11.6 Å². The summed E-state index contributed by atoms with van der Waals surface area (Å²) in [4.78, 5) is 11.8. The van der Waals surface area contributed by atoms with Gasteiger partial charge in [0.25, 0.3) is 0 Å². The normalized spacial score (nSPS) is 10.5. The summed E-state index contributed by atoms with van der Waals surface area (Å²) >= 11 is 8.91. The van der Waals surface area contributed by atoms with E-state index in [1.165, 1.54) is 6.07 Å². The molecule has 100 valence electrons. The lowest BCUT2D eigenvalue weighted by atomic mass is 10.2. The van der Waals surface area contributed by atoms with Crippen molar-refractivity contribution in [2.24, 2.45) is 7.05 Å². The summed E-state index contributed by atoms with van der Waals surface area (Å²) in [6.45, 7) is -0.190. The molecule has 0 bridgehead atoms. The molecule has 0 atom stereocenters. The van der Waals surface area contributed by atoms with Crippen molar-refractivity contribution in [2.75, 3.05) is 6.61 Å². The van der Waals surface area contributed by atoms with Crippen LogP contribution in [0.1, 0.15) is 10.4 Å². The second kappa shape index (κ2) is 5.75. The third-order valence-electron chi connectivity index (χ3n) is 2.49. The molecule has 3 nitrogen and oxygen atoms in total. The molecule has 0 radical (unpaired) electrons. The summed E-state index contributed by atoms with van der Waals surface area (Å²) in [6.07, 6.45) is 3.45. The number of hydrogen-bond donors (Lipinski definition) is 0. The molecular formula is C13H10BrClFNO2. The fourth-order valence-corrected chi connectivity index (χ4v) is 2.20. The van der Waals surface area contributed by atoms with Gasteiger partial charge in [-0.15, -0.1) is 0 Å². The highest BCUT2D eigenvalue weighted by Crippen LogP contribution is 2.30. The molecule has 2 aromatic rings. The Hall–Kier alpha value is -1.33. The molecule has 6 heteroatoms. The van der Waals surface area contributed by atoms with E-state index in [1.807, 2.05) is 7.05 Å². The molecule has 0 amide bonds. The van der Waals surface area contributed by atoms with Crippen molar-refractivity contribution in [2.45, 2.75) is 0 Å². The molecule has 1 aromatic carbocycles. The van der Waals surface area contributed by atoms with Crippen molar-refractivity contribution >= 4 is 33.3 Å². The average molecular weight is 347 g/mol. The molecular weight excluding hydrogens is 337 g/mol. The number of aryl methyl sites for hydroxylation is 1. The van der Waals surface area contributed by atoms with E-state index in [0.29, 0.717) is 5.56 Å². The van der Waals surface area contributed by atoms with E-state index >= 15 is 0 Å². The van der Waals surface area contributed by atoms with E-state index < -0.39 is 5.82 Å². The van der Waals surface area contributed by atoms with Crippen LogP contribution in [0.4, 0.5) is 4.39 Å². The fourth-order valence-electron chi connectivity index (χ4n) is 1.51. The van der Waals surface area contributed by atoms with Gasteiger partial charge < -0.3 is 9.30 Å². The highest BCUT2D eigenvalue weighted by atomic mass is 79.9. The summed E-state index contributed by atoms with van der Waals surface area (Å²) in [5.41, 5.74) is 0.538. The first-order valence-corrected chi connectivity index (χ1v) is 6.57. The Labute approximate surface area is 123 Å². The van der Waals surface area contributed by atoms with Crippen LogP contribution in [0.25, 0.3) is 0 Å². The molecule has 2 rings (SSSR count). The van der Waals surface area contributed by atoms with Gasteiger partial charge >= 0.3 is 0 Å². The molecule has 0 spiro atoms. The Bertz CT molecular complexity index is 627. The predicted molar refractivity (Wildman–Crippen MR) is 74.3 cm³/mol. The zero-order valence-electron chi connectivity index (χ0n) is 9.99. The number of rotatable bonds is 4. The summed E-state index contributed by atoms with van der Waals surface area (Å²) in [5, 5.41) is 0.245. The number of halogens is 3. The number of benzene rings is 1. The highest BCUT2D eigenvalue weighted by Gasteiger charge is 2.12. The third kappa shape index (κ3) is 3.36. The molecule has 0 aliphatic heterocycles. The summed E-state index contributed by atoms with van der Waals surface area (Å²) in [6, 6.07) is 4.22. The molecule has 0 aliphatic rings. The van der Waals surface area contributed by atoms with Crippen LogP contribution in [0, 0.1) is 5.82 Å². The van der Waals surface area contributed by atoms with Crippen LogP contribution in [0.15, 0.2) is 35.1 Å². The van der Waals surface area contributed by atoms with Crippen LogP contribution in [-0.2, 0) is 7.05 Å². The van der Waals surface area contributed by atoms with Crippen LogP contribution in [0.3, 0.4) is 0 Å². The van der Waals surface area contributed by atoms with Gasteiger partial charge in [-0.25, -0.2) is 4.39 Å². The minimum Gasteiger partial charge on any atom is -0.484 e. The van der Waals surface area contributed by atoms with Crippen molar-refractivity contribution < 1.29 is 13.9 Å². The Morgan fingerprint density at radius 1 is 1.53 bits per heavy atom. The van der Waals surface area contributed by atoms with E-state index in [9.17, 15) is 9.18 Å². The van der Waals surface area contributed by atoms with Crippen molar-refractivity contribution in [3.8, 4) is 5.75 Å². The van der Waals surface area contributed by atoms with Crippen LogP contribution in [0.5, 0.6) is 5.75 Å². The maximum Gasteiger partial charge on any atom is 0.201 e. The zero-order valence-corrected chi connectivity index (χ0v) is 12.3. The first-order valence-electron chi connectivity index (χ1n) is 5.40. The van der Waals surface area contributed by atoms with Crippen molar-refractivity contribution in [1.82, 2.24) is 4.57 Å². The van der Waals surface area contributed by atoms with E-state index in [1.54, 1.807) is 23.0 Å². The lowest BCUT2D eigenvalue weighted by Crippen LogP contribution is -2.11. The van der Waals surface area contributed by atoms with Gasteiger partial charge in [-0.3, -0.25) is 4.79 Å². The molecule has 0 unspecified atom stereocenters. The number of carbonyl (C=O) groups is 1.